The van der Waals surface area contributed by atoms with Gasteiger partial charge in [0.05, 0.1) is 19.8 Å². The number of morpholine rings is 1. The molecule has 2 aliphatic heterocycles. The Hall–Kier alpha value is -2.23. The maximum atomic E-state index is 14.3. The van der Waals surface area contributed by atoms with Crippen LogP contribution < -0.4 is 9.64 Å². The number of benzene rings is 1. The molecule has 2 heterocycles. The van der Waals surface area contributed by atoms with E-state index in [1.807, 2.05) is 0 Å². The Morgan fingerprint density at radius 3 is 2.63 bits per heavy atom. The van der Waals surface area contributed by atoms with E-state index < -0.39 is 35.5 Å². The highest BCUT2D eigenvalue weighted by Crippen LogP contribution is 2.29. The third-order valence-electron chi connectivity index (χ3n) is 4.75. The van der Waals surface area contributed by atoms with E-state index in [0.717, 1.165) is 0 Å². The normalized spacial score (nSPS) is 22.0. The second kappa shape index (κ2) is 9.28. The van der Waals surface area contributed by atoms with E-state index in [4.69, 9.17) is 18.9 Å². The van der Waals surface area contributed by atoms with Gasteiger partial charge in [-0.3, -0.25) is 4.79 Å². The van der Waals surface area contributed by atoms with Crippen molar-refractivity contribution in [3.05, 3.63) is 24.0 Å². The fourth-order valence-corrected chi connectivity index (χ4v) is 3.30. The van der Waals surface area contributed by atoms with E-state index >= 15 is 0 Å². The van der Waals surface area contributed by atoms with Crippen LogP contribution in [0.2, 0.25) is 0 Å². The molecule has 166 valence electrons. The molecule has 1 amide bonds. The Labute approximate surface area is 174 Å². The highest BCUT2D eigenvalue weighted by atomic mass is 19.1. The summed E-state index contributed by atoms with van der Waals surface area (Å²) >= 11 is 0. The van der Waals surface area contributed by atoms with Crippen molar-refractivity contribution < 1.29 is 38.0 Å². The number of nitrogens with zero attached hydrogens (tertiary/aromatic N) is 1. The van der Waals surface area contributed by atoms with Crippen LogP contribution in [-0.2, 0) is 23.8 Å². The van der Waals surface area contributed by atoms with Gasteiger partial charge in [-0.2, -0.15) is 0 Å². The maximum Gasteiger partial charge on any atom is 0.338 e. The van der Waals surface area contributed by atoms with Gasteiger partial charge in [-0.05, 0) is 32.9 Å². The number of hydrogen-bond donors (Lipinski definition) is 1. The number of amides is 1. The van der Waals surface area contributed by atoms with Crippen LogP contribution in [0, 0.1) is 5.82 Å². The summed E-state index contributed by atoms with van der Waals surface area (Å²) in [5.74, 6) is -2.03. The minimum absolute atomic E-state index is 0.0444. The molecule has 0 aliphatic carbocycles. The van der Waals surface area contributed by atoms with Gasteiger partial charge in [-0.1, -0.05) is 0 Å². The number of aliphatic hydroxyl groups is 1. The van der Waals surface area contributed by atoms with Crippen LogP contribution >= 0.6 is 0 Å². The minimum Gasteiger partial charge on any atom is -0.487 e. The summed E-state index contributed by atoms with van der Waals surface area (Å²) in [6, 6.07) is 4.13. The van der Waals surface area contributed by atoms with Crippen LogP contribution in [-0.4, -0.2) is 67.3 Å². The first-order valence-electron chi connectivity index (χ1n) is 10.0. The Morgan fingerprint density at radius 2 is 1.97 bits per heavy atom. The Kier molecular flexibility index (Phi) is 6.95. The van der Waals surface area contributed by atoms with Crippen molar-refractivity contribution in [3.63, 3.8) is 0 Å². The quantitative estimate of drug-likeness (QED) is 0.719. The topological polar surface area (TPSA) is 94.5 Å². The van der Waals surface area contributed by atoms with Crippen LogP contribution in [0.25, 0.3) is 0 Å². The maximum absolute atomic E-state index is 14.3. The van der Waals surface area contributed by atoms with E-state index in [1.165, 1.54) is 23.1 Å². The van der Waals surface area contributed by atoms with Crippen molar-refractivity contribution in [3.8, 4) is 5.75 Å². The van der Waals surface area contributed by atoms with E-state index in [9.17, 15) is 19.1 Å². The first kappa shape index (κ1) is 22.5. The Morgan fingerprint density at radius 1 is 1.27 bits per heavy atom. The van der Waals surface area contributed by atoms with E-state index in [0.29, 0.717) is 31.7 Å². The summed E-state index contributed by atoms with van der Waals surface area (Å²) in [5.41, 5.74) is -0.420. The molecule has 2 fully saturated rings. The molecular weight excluding hydrogens is 397 g/mol. The van der Waals surface area contributed by atoms with Crippen molar-refractivity contribution in [2.75, 3.05) is 31.3 Å². The van der Waals surface area contributed by atoms with Gasteiger partial charge in [-0.25, -0.2) is 9.18 Å². The molecule has 1 aromatic rings. The number of hydrogen-bond acceptors (Lipinski definition) is 7. The van der Waals surface area contributed by atoms with Crippen LogP contribution in [0.4, 0.5) is 10.1 Å². The van der Waals surface area contributed by atoms with Crippen molar-refractivity contribution in [1.82, 2.24) is 0 Å². The third kappa shape index (κ3) is 5.47. The summed E-state index contributed by atoms with van der Waals surface area (Å²) in [6.45, 7) is 6.38. The highest BCUT2D eigenvalue weighted by molar-refractivity contribution is 6.00. The lowest BCUT2D eigenvalue weighted by molar-refractivity contribution is -0.177. The lowest BCUT2D eigenvalue weighted by atomic mass is 10.1. The molecule has 2 atom stereocenters. The molecule has 0 radical (unpaired) electrons. The second-order valence-electron chi connectivity index (χ2n) is 8.30. The molecule has 2 unspecified atom stereocenters. The average molecular weight is 425 g/mol. The van der Waals surface area contributed by atoms with Crippen molar-refractivity contribution in [1.29, 1.82) is 0 Å². The molecule has 0 spiro atoms. The SMILES string of the molecule is CC(C)(C)OC(=O)C(O)C1OCCN(c2ccc(F)c(OC3CCOCC3)c2)C1=O. The molecule has 30 heavy (non-hydrogen) atoms. The smallest absolute Gasteiger partial charge is 0.338 e. The zero-order valence-corrected chi connectivity index (χ0v) is 17.4. The van der Waals surface area contributed by atoms with Gasteiger partial charge in [0.2, 0.25) is 0 Å². The van der Waals surface area contributed by atoms with Crippen molar-refractivity contribution >= 4 is 17.6 Å². The predicted molar refractivity (Wildman–Crippen MR) is 105 cm³/mol. The zero-order chi connectivity index (χ0) is 21.9. The Balaban J connectivity index is 1.74. The summed E-state index contributed by atoms with van der Waals surface area (Å²) < 4.78 is 35.8. The molecule has 0 bridgehead atoms. The van der Waals surface area contributed by atoms with Crippen molar-refractivity contribution in [2.24, 2.45) is 0 Å². The molecule has 1 aromatic carbocycles. The lowest BCUT2D eigenvalue weighted by Gasteiger charge is -2.34. The number of ether oxygens (including phenoxy) is 4. The van der Waals surface area contributed by atoms with Gasteiger partial charge >= 0.3 is 5.97 Å². The summed E-state index contributed by atoms with van der Waals surface area (Å²) in [6.07, 6.45) is -2.02. The van der Waals surface area contributed by atoms with Gasteiger partial charge in [-0.15, -0.1) is 0 Å². The molecule has 3 rings (SSSR count). The summed E-state index contributed by atoms with van der Waals surface area (Å²) in [7, 11) is 0. The zero-order valence-electron chi connectivity index (χ0n) is 17.4. The number of carbonyl (C=O) groups is 2. The molecule has 0 aromatic heterocycles. The molecule has 2 aliphatic rings. The van der Waals surface area contributed by atoms with Gasteiger partial charge in [0.15, 0.2) is 23.8 Å². The number of carbonyl (C=O) groups excluding carboxylic acids is 2. The third-order valence-corrected chi connectivity index (χ3v) is 4.75. The summed E-state index contributed by atoms with van der Waals surface area (Å²) in [4.78, 5) is 26.4. The first-order chi connectivity index (χ1) is 14.2. The van der Waals surface area contributed by atoms with Crippen LogP contribution in [0.15, 0.2) is 18.2 Å². The number of anilines is 1. The van der Waals surface area contributed by atoms with E-state index in [2.05, 4.69) is 0 Å². The van der Waals surface area contributed by atoms with Gasteiger partial charge in [0.25, 0.3) is 5.91 Å². The van der Waals surface area contributed by atoms with Crippen LogP contribution in [0.5, 0.6) is 5.75 Å². The molecule has 1 N–H and O–H groups in total. The molecule has 8 nitrogen and oxygen atoms in total. The van der Waals surface area contributed by atoms with Gasteiger partial charge in [0, 0.05) is 31.1 Å². The van der Waals surface area contributed by atoms with E-state index in [1.54, 1.807) is 20.8 Å². The number of halogens is 1. The molecular formula is C21H28FNO7. The van der Waals surface area contributed by atoms with Crippen LogP contribution in [0.3, 0.4) is 0 Å². The monoisotopic (exact) mass is 425 g/mol. The largest absolute Gasteiger partial charge is 0.487 e. The van der Waals surface area contributed by atoms with E-state index in [-0.39, 0.29) is 25.0 Å². The second-order valence-corrected chi connectivity index (χ2v) is 8.30. The minimum atomic E-state index is -1.77. The standard InChI is InChI=1S/C21H28FNO7/c1-21(2,3)30-20(26)17(24)18-19(25)23(8-11-28-18)13-4-5-15(22)16(12-13)29-14-6-9-27-10-7-14/h4-5,12,14,17-18,24H,6-11H2,1-3H3. The Bertz CT molecular complexity index is 773. The van der Waals surface area contributed by atoms with Gasteiger partial charge < -0.3 is 29.0 Å². The number of rotatable bonds is 5. The molecule has 0 saturated carbocycles. The average Bonchev–Trinajstić information content (AvgIpc) is 2.69. The molecule has 9 heteroatoms. The number of aliphatic hydroxyl groups excluding tert-OH is 1. The van der Waals surface area contributed by atoms with Crippen LogP contribution in [0.1, 0.15) is 33.6 Å². The first-order valence-corrected chi connectivity index (χ1v) is 10.0. The number of esters is 1. The highest BCUT2D eigenvalue weighted by Gasteiger charge is 2.41. The van der Waals surface area contributed by atoms with Crippen molar-refractivity contribution in [2.45, 2.75) is 57.5 Å². The fourth-order valence-electron chi connectivity index (χ4n) is 3.30. The fraction of sp³-hybridized carbons (Fsp3) is 0.619. The van der Waals surface area contributed by atoms with Gasteiger partial charge in [0.1, 0.15) is 11.7 Å². The summed E-state index contributed by atoms with van der Waals surface area (Å²) in [5, 5.41) is 10.3. The lowest BCUT2D eigenvalue weighted by Crippen LogP contribution is -2.55. The molecule has 2 saturated heterocycles. The predicted octanol–water partition coefficient (Wildman–Crippen LogP) is 1.82.